The number of nitrogens with one attached hydrogen (secondary N) is 1. The second-order valence-electron chi connectivity index (χ2n) is 5.44. The van der Waals surface area contributed by atoms with Crippen LogP contribution in [0.25, 0.3) is 10.9 Å². The zero-order valence-electron chi connectivity index (χ0n) is 12.8. The van der Waals surface area contributed by atoms with Crippen molar-refractivity contribution in [1.82, 2.24) is 4.98 Å². The molecule has 0 radical (unpaired) electrons. The predicted molar refractivity (Wildman–Crippen MR) is 88.2 cm³/mol. The lowest BCUT2D eigenvalue weighted by atomic mass is 9.91. The van der Waals surface area contributed by atoms with E-state index in [1.165, 1.54) is 0 Å². The number of phenols is 1. The summed E-state index contributed by atoms with van der Waals surface area (Å²) in [5, 5.41) is 11.5. The van der Waals surface area contributed by atoms with Crippen LogP contribution >= 0.6 is 0 Å². The molecule has 0 bridgehead atoms. The molecule has 2 rings (SSSR count). The summed E-state index contributed by atoms with van der Waals surface area (Å²) in [4.78, 5) is 14.9. The van der Waals surface area contributed by atoms with E-state index < -0.39 is 0 Å². The number of rotatable bonds is 4. The third-order valence-electron chi connectivity index (χ3n) is 4.17. The Labute approximate surface area is 124 Å². The highest BCUT2D eigenvalue weighted by atomic mass is 16.3. The van der Waals surface area contributed by atoms with Crippen molar-refractivity contribution in [3.8, 4) is 5.75 Å². The van der Waals surface area contributed by atoms with E-state index in [1.807, 2.05) is 26.8 Å². The minimum Gasteiger partial charge on any atom is -0.507 e. The van der Waals surface area contributed by atoms with Crippen molar-refractivity contribution < 1.29 is 5.11 Å². The molecule has 3 heteroatoms. The maximum atomic E-state index is 12.0. The third kappa shape index (κ3) is 2.40. The molecule has 0 aliphatic rings. The zero-order valence-corrected chi connectivity index (χ0v) is 12.8. The Morgan fingerprint density at radius 3 is 2.57 bits per heavy atom. The van der Waals surface area contributed by atoms with E-state index in [2.05, 4.69) is 18.1 Å². The van der Waals surface area contributed by atoms with Gasteiger partial charge in [0.15, 0.2) is 0 Å². The summed E-state index contributed by atoms with van der Waals surface area (Å²) in [5.41, 5.74) is 3.76. The highest BCUT2D eigenvalue weighted by molar-refractivity contribution is 5.89. The summed E-state index contributed by atoms with van der Waals surface area (Å²) >= 11 is 0. The normalized spacial score (nSPS) is 12.3. The Morgan fingerprint density at radius 1 is 1.33 bits per heavy atom. The van der Waals surface area contributed by atoms with Crippen molar-refractivity contribution >= 4 is 10.9 Å². The van der Waals surface area contributed by atoms with Crippen LogP contribution in [0, 0.1) is 13.8 Å². The van der Waals surface area contributed by atoms with Crippen LogP contribution in [0.1, 0.15) is 35.1 Å². The predicted octanol–water partition coefficient (Wildman–Crippen LogP) is 3.87. The first-order valence-electron chi connectivity index (χ1n) is 7.03. The van der Waals surface area contributed by atoms with Crippen LogP contribution in [-0.2, 0) is 6.42 Å². The highest BCUT2D eigenvalue weighted by Gasteiger charge is 2.17. The average Bonchev–Trinajstić information content (AvgIpc) is 2.47. The third-order valence-corrected chi connectivity index (χ3v) is 4.17. The number of fused-ring (bicyclic) bond motifs is 1. The summed E-state index contributed by atoms with van der Waals surface area (Å²) in [5.74, 6) is 0.248. The van der Waals surface area contributed by atoms with Gasteiger partial charge >= 0.3 is 0 Å². The van der Waals surface area contributed by atoms with E-state index in [1.54, 1.807) is 12.2 Å². The second-order valence-corrected chi connectivity index (χ2v) is 5.44. The average molecular weight is 283 g/mol. The minimum atomic E-state index is -0.116. The monoisotopic (exact) mass is 283 g/mol. The van der Waals surface area contributed by atoms with E-state index in [0.717, 1.165) is 16.5 Å². The van der Waals surface area contributed by atoms with Gasteiger partial charge in [0, 0.05) is 28.0 Å². The number of benzene rings is 1. The van der Waals surface area contributed by atoms with Crippen molar-refractivity contribution in [2.24, 2.45) is 0 Å². The molecule has 0 aliphatic heterocycles. The van der Waals surface area contributed by atoms with Crippen LogP contribution < -0.4 is 5.56 Å². The molecule has 1 aromatic carbocycles. The van der Waals surface area contributed by atoms with Gasteiger partial charge in [-0.25, -0.2) is 0 Å². The van der Waals surface area contributed by atoms with Crippen LogP contribution in [0.3, 0.4) is 0 Å². The van der Waals surface area contributed by atoms with E-state index in [-0.39, 0.29) is 17.2 Å². The van der Waals surface area contributed by atoms with Gasteiger partial charge in [-0.2, -0.15) is 0 Å². The number of H-pyrrole nitrogens is 1. The van der Waals surface area contributed by atoms with Gasteiger partial charge in [-0.15, -0.1) is 13.2 Å². The molecule has 21 heavy (non-hydrogen) atoms. The molecule has 0 saturated heterocycles. The fourth-order valence-corrected chi connectivity index (χ4v) is 2.59. The van der Waals surface area contributed by atoms with Crippen LogP contribution in [0.4, 0.5) is 0 Å². The molecule has 2 aromatic rings. The molecular formula is C18H21NO2. The Kier molecular flexibility index (Phi) is 4.03. The number of hydrogen-bond acceptors (Lipinski definition) is 2. The SMILES string of the molecule is C=CCc1c(O)c(C(C)C=C)cc2c(C)c(C)c(=O)[nH]c12. The summed E-state index contributed by atoms with van der Waals surface area (Å²) < 4.78 is 0. The Balaban J connectivity index is 2.99. The van der Waals surface area contributed by atoms with E-state index in [0.29, 0.717) is 23.1 Å². The van der Waals surface area contributed by atoms with Gasteiger partial charge in [0.2, 0.25) is 0 Å². The zero-order chi connectivity index (χ0) is 15.7. The Bertz CT molecular complexity index is 784. The van der Waals surface area contributed by atoms with Crippen molar-refractivity contribution in [3.05, 3.63) is 64.0 Å². The van der Waals surface area contributed by atoms with Gasteiger partial charge in [0.05, 0.1) is 5.52 Å². The lowest BCUT2D eigenvalue weighted by molar-refractivity contribution is 0.462. The molecule has 110 valence electrons. The maximum Gasteiger partial charge on any atom is 0.251 e. The van der Waals surface area contributed by atoms with Crippen LogP contribution in [0.2, 0.25) is 0 Å². The van der Waals surface area contributed by atoms with Gasteiger partial charge in [-0.05, 0) is 31.9 Å². The van der Waals surface area contributed by atoms with Gasteiger partial charge in [-0.1, -0.05) is 19.1 Å². The Morgan fingerprint density at radius 2 is 2.00 bits per heavy atom. The highest BCUT2D eigenvalue weighted by Crippen LogP contribution is 2.36. The van der Waals surface area contributed by atoms with Crippen molar-refractivity contribution in [3.63, 3.8) is 0 Å². The molecule has 0 amide bonds. The number of pyridine rings is 1. The first-order chi connectivity index (χ1) is 9.92. The maximum absolute atomic E-state index is 12.0. The van der Waals surface area contributed by atoms with Gasteiger partial charge in [-0.3, -0.25) is 4.79 Å². The number of aromatic nitrogens is 1. The lowest BCUT2D eigenvalue weighted by Gasteiger charge is -2.17. The smallest absolute Gasteiger partial charge is 0.251 e. The molecule has 0 saturated carbocycles. The molecule has 1 atom stereocenters. The van der Waals surface area contributed by atoms with Crippen molar-refractivity contribution in [2.75, 3.05) is 0 Å². The quantitative estimate of drug-likeness (QED) is 0.837. The standard InChI is InChI=1S/C18H21NO2/c1-6-8-13-16-15(11(4)12(5)18(21)19-16)9-14(17(13)20)10(3)7-2/h6-7,9-10,20H,1-2,8H2,3-5H3,(H,19,21). The first-order valence-corrected chi connectivity index (χ1v) is 7.03. The lowest BCUT2D eigenvalue weighted by Crippen LogP contribution is -2.13. The topological polar surface area (TPSA) is 53.1 Å². The second kappa shape index (κ2) is 5.60. The van der Waals surface area contributed by atoms with Crippen molar-refractivity contribution in [2.45, 2.75) is 33.1 Å². The molecule has 1 aromatic heterocycles. The van der Waals surface area contributed by atoms with Crippen LogP contribution in [-0.4, -0.2) is 10.1 Å². The first kappa shape index (κ1) is 15.1. The molecule has 0 aliphatic carbocycles. The number of aromatic hydroxyl groups is 1. The molecule has 0 spiro atoms. The van der Waals surface area contributed by atoms with Gasteiger partial charge in [0.1, 0.15) is 5.75 Å². The van der Waals surface area contributed by atoms with Crippen LogP contribution in [0.5, 0.6) is 5.75 Å². The molecule has 3 nitrogen and oxygen atoms in total. The summed E-state index contributed by atoms with van der Waals surface area (Å²) in [7, 11) is 0. The van der Waals surface area contributed by atoms with E-state index in [9.17, 15) is 9.90 Å². The van der Waals surface area contributed by atoms with Crippen LogP contribution in [0.15, 0.2) is 36.2 Å². The van der Waals surface area contributed by atoms with Crippen molar-refractivity contribution in [1.29, 1.82) is 0 Å². The fraction of sp³-hybridized carbons (Fsp3) is 0.278. The number of aromatic amines is 1. The molecule has 0 fully saturated rings. The van der Waals surface area contributed by atoms with Gasteiger partial charge in [0.25, 0.3) is 5.56 Å². The largest absolute Gasteiger partial charge is 0.507 e. The number of allylic oxidation sites excluding steroid dienone is 2. The Hall–Kier alpha value is -2.29. The number of phenolic OH excluding ortho intramolecular Hbond substituents is 1. The summed E-state index contributed by atoms with van der Waals surface area (Å²) in [6, 6.07) is 1.95. The van der Waals surface area contributed by atoms with E-state index >= 15 is 0 Å². The molecule has 1 heterocycles. The van der Waals surface area contributed by atoms with E-state index in [4.69, 9.17) is 0 Å². The minimum absolute atomic E-state index is 0.0320. The number of hydrogen-bond donors (Lipinski definition) is 2. The molecule has 1 unspecified atom stereocenters. The number of aryl methyl sites for hydroxylation is 1. The summed E-state index contributed by atoms with van der Waals surface area (Å²) in [6.45, 7) is 13.3. The summed E-state index contributed by atoms with van der Waals surface area (Å²) in [6.07, 6.45) is 4.02. The fourth-order valence-electron chi connectivity index (χ4n) is 2.59. The van der Waals surface area contributed by atoms with Gasteiger partial charge < -0.3 is 10.1 Å². The molecule has 2 N–H and O–H groups in total. The molecular weight excluding hydrogens is 262 g/mol.